The van der Waals surface area contributed by atoms with Crippen molar-refractivity contribution in [3.05, 3.63) is 28.1 Å². The average molecular weight is 276 g/mol. The molecule has 2 aromatic rings. The van der Waals surface area contributed by atoms with Gasteiger partial charge < -0.3 is 10.6 Å². The summed E-state index contributed by atoms with van der Waals surface area (Å²) in [5.74, 6) is 1.09. The van der Waals surface area contributed by atoms with E-state index >= 15 is 0 Å². The number of aryl methyl sites for hydroxylation is 2. The van der Waals surface area contributed by atoms with E-state index in [4.69, 9.17) is 5.73 Å². The minimum absolute atomic E-state index is 0.629. The second kappa shape index (κ2) is 4.89. The molecule has 102 valence electrons. The average Bonchev–Trinajstić information content (AvgIpc) is 3.04. The van der Waals surface area contributed by atoms with Crippen molar-refractivity contribution in [3.8, 4) is 0 Å². The van der Waals surface area contributed by atoms with Crippen molar-refractivity contribution in [2.75, 3.05) is 10.6 Å². The summed E-state index contributed by atoms with van der Waals surface area (Å²) in [6, 6.07) is 4.92. The van der Waals surface area contributed by atoms with E-state index in [2.05, 4.69) is 34.4 Å². The molecule has 1 aliphatic carbocycles. The summed E-state index contributed by atoms with van der Waals surface area (Å²) in [4.78, 5) is 3.80. The van der Waals surface area contributed by atoms with Gasteiger partial charge >= 0.3 is 0 Å². The zero-order valence-electron chi connectivity index (χ0n) is 11.5. The first-order valence-electron chi connectivity index (χ1n) is 6.81. The molecule has 2 heterocycles. The third-order valence-corrected chi connectivity index (χ3v) is 4.49. The molecule has 2 aromatic heterocycles. The number of thiophene rings is 1. The molecule has 0 bridgehead atoms. The van der Waals surface area contributed by atoms with E-state index in [-0.39, 0.29) is 0 Å². The molecule has 5 heteroatoms. The number of nitrogen functional groups attached to an aromatic ring is 1. The summed E-state index contributed by atoms with van der Waals surface area (Å²) in [6.07, 6.45) is 3.41. The Balaban J connectivity index is 1.94. The van der Waals surface area contributed by atoms with Gasteiger partial charge in [0.2, 0.25) is 0 Å². The van der Waals surface area contributed by atoms with Crippen LogP contribution in [0, 0.1) is 0 Å². The van der Waals surface area contributed by atoms with Gasteiger partial charge in [0.1, 0.15) is 0 Å². The van der Waals surface area contributed by atoms with E-state index in [9.17, 15) is 0 Å². The van der Waals surface area contributed by atoms with Gasteiger partial charge in [0, 0.05) is 18.0 Å². The van der Waals surface area contributed by atoms with Crippen LogP contribution in [-0.2, 0) is 20.0 Å². The first-order chi connectivity index (χ1) is 9.20. The monoisotopic (exact) mass is 276 g/mol. The quantitative estimate of drug-likeness (QED) is 0.913. The Labute approximate surface area is 117 Å². The van der Waals surface area contributed by atoms with Gasteiger partial charge in [-0.3, -0.25) is 4.68 Å². The highest BCUT2D eigenvalue weighted by molar-refractivity contribution is 7.09. The summed E-state index contributed by atoms with van der Waals surface area (Å²) in [5, 5.41) is 6.67. The smallest absolute Gasteiger partial charge is 0.150 e. The molecule has 0 unspecified atom stereocenters. The minimum Gasteiger partial charge on any atom is -0.394 e. The highest BCUT2D eigenvalue weighted by atomic mass is 32.1. The molecule has 3 rings (SSSR count). The van der Waals surface area contributed by atoms with E-state index in [0.717, 1.165) is 30.2 Å². The van der Waals surface area contributed by atoms with Crippen LogP contribution >= 0.6 is 11.3 Å². The molecular formula is C14H20N4S. The molecule has 0 aliphatic heterocycles. The molecule has 0 amide bonds. The molecule has 1 saturated carbocycles. The Morgan fingerprint density at radius 1 is 1.53 bits per heavy atom. The summed E-state index contributed by atoms with van der Waals surface area (Å²) in [7, 11) is 1.99. The lowest BCUT2D eigenvalue weighted by molar-refractivity contribution is 0.691. The molecule has 2 N–H and O–H groups in total. The normalized spacial score (nSPS) is 14.8. The molecule has 0 atom stereocenters. The maximum atomic E-state index is 6.29. The number of anilines is 2. The van der Waals surface area contributed by atoms with Crippen LogP contribution in [0.25, 0.3) is 0 Å². The molecule has 1 aliphatic rings. The van der Waals surface area contributed by atoms with E-state index in [1.807, 2.05) is 11.7 Å². The lowest BCUT2D eigenvalue weighted by atomic mass is 10.2. The second-order valence-corrected chi connectivity index (χ2v) is 6.13. The van der Waals surface area contributed by atoms with Gasteiger partial charge in [-0.25, -0.2) is 0 Å². The molecular weight excluding hydrogens is 256 g/mol. The lowest BCUT2D eigenvalue weighted by Gasteiger charge is -2.24. The fourth-order valence-corrected chi connectivity index (χ4v) is 3.22. The largest absolute Gasteiger partial charge is 0.394 e. The molecule has 19 heavy (non-hydrogen) atoms. The third kappa shape index (κ3) is 2.34. The van der Waals surface area contributed by atoms with Crippen molar-refractivity contribution in [2.24, 2.45) is 7.05 Å². The number of nitrogens with zero attached hydrogens (tertiary/aromatic N) is 3. The van der Waals surface area contributed by atoms with Crippen LogP contribution in [0.2, 0.25) is 0 Å². The lowest BCUT2D eigenvalue weighted by Crippen LogP contribution is -2.27. The van der Waals surface area contributed by atoms with Crippen LogP contribution in [0.1, 0.15) is 30.3 Å². The Bertz CT molecular complexity index is 554. The number of rotatable bonds is 5. The van der Waals surface area contributed by atoms with E-state index < -0.39 is 0 Å². The number of aromatic nitrogens is 2. The molecule has 0 spiro atoms. The maximum Gasteiger partial charge on any atom is 0.150 e. The van der Waals surface area contributed by atoms with Gasteiger partial charge in [-0.2, -0.15) is 5.10 Å². The predicted octanol–water partition coefficient (Wildman–Crippen LogP) is 2.80. The summed E-state index contributed by atoms with van der Waals surface area (Å²) < 4.78 is 1.94. The van der Waals surface area contributed by atoms with Gasteiger partial charge in [0.25, 0.3) is 0 Å². The summed E-state index contributed by atoms with van der Waals surface area (Å²) in [6.45, 7) is 3.04. The molecule has 0 radical (unpaired) electrons. The Hall–Kier alpha value is -1.49. The van der Waals surface area contributed by atoms with Gasteiger partial charge in [-0.1, -0.05) is 13.0 Å². The van der Waals surface area contributed by atoms with Crippen molar-refractivity contribution < 1.29 is 0 Å². The Morgan fingerprint density at radius 3 is 2.84 bits per heavy atom. The first kappa shape index (κ1) is 12.5. The van der Waals surface area contributed by atoms with Crippen LogP contribution in [-0.4, -0.2) is 15.8 Å². The number of hydrogen-bond donors (Lipinski definition) is 1. The van der Waals surface area contributed by atoms with Crippen LogP contribution in [0.15, 0.2) is 17.5 Å². The highest BCUT2D eigenvalue weighted by Gasteiger charge is 2.33. The summed E-state index contributed by atoms with van der Waals surface area (Å²) >= 11 is 1.80. The van der Waals surface area contributed by atoms with Crippen LogP contribution in [0.5, 0.6) is 0 Å². The topological polar surface area (TPSA) is 47.1 Å². The van der Waals surface area contributed by atoms with Crippen molar-refractivity contribution in [2.45, 2.75) is 38.8 Å². The third-order valence-electron chi connectivity index (χ3n) is 3.63. The van der Waals surface area contributed by atoms with Gasteiger partial charge in [0.15, 0.2) is 5.82 Å². The van der Waals surface area contributed by atoms with Crippen LogP contribution in [0.3, 0.4) is 0 Å². The first-order valence-corrected chi connectivity index (χ1v) is 7.69. The van der Waals surface area contributed by atoms with E-state index in [1.54, 1.807) is 11.3 Å². The Morgan fingerprint density at radius 2 is 2.32 bits per heavy atom. The van der Waals surface area contributed by atoms with Gasteiger partial charge in [-0.15, -0.1) is 11.3 Å². The zero-order valence-corrected chi connectivity index (χ0v) is 12.3. The standard InChI is InChI=1S/C14H20N4S/c1-3-12-13(15)14(17(2)16-12)18(10-6-7-10)9-11-5-4-8-19-11/h4-5,8,10H,3,6-7,9,15H2,1-2H3. The van der Waals surface area contributed by atoms with Crippen LogP contribution < -0.4 is 10.6 Å². The fraction of sp³-hybridized carbons (Fsp3) is 0.500. The van der Waals surface area contributed by atoms with Crippen molar-refractivity contribution in [1.82, 2.24) is 9.78 Å². The summed E-state index contributed by atoms with van der Waals surface area (Å²) in [5.41, 5.74) is 8.15. The Kier molecular flexibility index (Phi) is 3.22. The predicted molar refractivity (Wildman–Crippen MR) is 80.5 cm³/mol. The zero-order chi connectivity index (χ0) is 13.4. The molecule has 0 aromatic carbocycles. The van der Waals surface area contributed by atoms with Gasteiger partial charge in [-0.05, 0) is 30.7 Å². The van der Waals surface area contributed by atoms with Crippen molar-refractivity contribution in [1.29, 1.82) is 0 Å². The second-order valence-electron chi connectivity index (χ2n) is 5.10. The van der Waals surface area contributed by atoms with Crippen LogP contribution in [0.4, 0.5) is 11.5 Å². The molecule has 4 nitrogen and oxygen atoms in total. The molecule has 0 saturated heterocycles. The van der Waals surface area contributed by atoms with E-state index in [1.165, 1.54) is 17.7 Å². The minimum atomic E-state index is 0.629. The molecule has 1 fully saturated rings. The van der Waals surface area contributed by atoms with Gasteiger partial charge in [0.05, 0.1) is 17.9 Å². The SMILES string of the molecule is CCc1nn(C)c(N(Cc2cccs2)C2CC2)c1N. The highest BCUT2D eigenvalue weighted by Crippen LogP contribution is 2.37. The fourth-order valence-electron chi connectivity index (χ4n) is 2.52. The number of nitrogens with two attached hydrogens (primary N) is 1. The van der Waals surface area contributed by atoms with E-state index in [0.29, 0.717) is 6.04 Å². The maximum absolute atomic E-state index is 6.29. The number of hydrogen-bond acceptors (Lipinski definition) is 4. The van der Waals surface area contributed by atoms with Crippen molar-refractivity contribution >= 4 is 22.8 Å². The van der Waals surface area contributed by atoms with Crippen molar-refractivity contribution in [3.63, 3.8) is 0 Å².